The molecule has 12 heavy (non-hydrogen) atoms. The molecule has 1 aromatic carbocycles. The molecule has 0 atom stereocenters. The smallest absolute Gasteiger partial charge is 0.0417 e. The number of hydrogen-bond acceptors (Lipinski definition) is 1. The topological polar surface area (TPSA) is 0 Å². The quantitative estimate of drug-likeness (QED) is 0.607. The lowest BCUT2D eigenvalue weighted by atomic mass is 10.1. The molecule has 62 valence electrons. The summed E-state index contributed by atoms with van der Waals surface area (Å²) in [5.41, 5.74) is 1.38. The third-order valence-electron chi connectivity index (χ3n) is 1.91. The SMILES string of the molecule is CC1=CCc2ccc(Cl)cc2S1. The second-order valence-electron chi connectivity index (χ2n) is 2.87. The standard InChI is InChI=1S/C10H9ClS/c1-7-2-3-8-4-5-9(11)6-10(8)12-7/h2,4-6H,3H2,1H3. The maximum absolute atomic E-state index is 5.89. The van der Waals surface area contributed by atoms with Gasteiger partial charge in [0.1, 0.15) is 0 Å². The van der Waals surface area contributed by atoms with Gasteiger partial charge in [-0.2, -0.15) is 0 Å². The van der Waals surface area contributed by atoms with Crippen LogP contribution in [0.5, 0.6) is 0 Å². The van der Waals surface area contributed by atoms with Crippen molar-refractivity contribution in [3.05, 3.63) is 39.8 Å². The molecule has 0 saturated heterocycles. The number of fused-ring (bicyclic) bond motifs is 1. The van der Waals surface area contributed by atoms with Gasteiger partial charge in [0.25, 0.3) is 0 Å². The van der Waals surface area contributed by atoms with Crippen LogP contribution in [-0.2, 0) is 6.42 Å². The molecular formula is C10H9ClS. The van der Waals surface area contributed by atoms with Crippen molar-refractivity contribution in [2.24, 2.45) is 0 Å². The van der Waals surface area contributed by atoms with Gasteiger partial charge in [0.15, 0.2) is 0 Å². The summed E-state index contributed by atoms with van der Waals surface area (Å²) in [7, 11) is 0. The van der Waals surface area contributed by atoms with E-state index in [9.17, 15) is 0 Å². The van der Waals surface area contributed by atoms with Crippen molar-refractivity contribution in [3.8, 4) is 0 Å². The van der Waals surface area contributed by atoms with Gasteiger partial charge < -0.3 is 0 Å². The van der Waals surface area contributed by atoms with Gasteiger partial charge in [-0.1, -0.05) is 35.5 Å². The van der Waals surface area contributed by atoms with Crippen LogP contribution in [0.3, 0.4) is 0 Å². The predicted octanol–water partition coefficient (Wildman–Crippen LogP) is 3.89. The Kier molecular flexibility index (Phi) is 2.16. The lowest BCUT2D eigenvalue weighted by Gasteiger charge is -2.13. The van der Waals surface area contributed by atoms with E-state index in [4.69, 9.17) is 11.6 Å². The van der Waals surface area contributed by atoms with Gasteiger partial charge in [-0.3, -0.25) is 0 Å². The van der Waals surface area contributed by atoms with Gasteiger partial charge in [0.05, 0.1) is 0 Å². The zero-order chi connectivity index (χ0) is 8.55. The number of thioether (sulfide) groups is 1. The molecule has 1 heterocycles. The van der Waals surface area contributed by atoms with Crippen LogP contribution in [0.25, 0.3) is 0 Å². The molecule has 2 rings (SSSR count). The molecule has 0 aromatic heterocycles. The van der Waals surface area contributed by atoms with E-state index in [0.717, 1.165) is 11.4 Å². The van der Waals surface area contributed by atoms with Crippen LogP contribution in [0.2, 0.25) is 5.02 Å². The van der Waals surface area contributed by atoms with Crippen molar-refractivity contribution in [3.63, 3.8) is 0 Å². The fraction of sp³-hybridized carbons (Fsp3) is 0.200. The van der Waals surface area contributed by atoms with E-state index in [-0.39, 0.29) is 0 Å². The summed E-state index contributed by atoms with van der Waals surface area (Å²) in [4.78, 5) is 2.67. The molecule has 0 spiro atoms. The summed E-state index contributed by atoms with van der Waals surface area (Å²) in [6.07, 6.45) is 3.30. The molecule has 0 aliphatic carbocycles. The third-order valence-corrected chi connectivity index (χ3v) is 3.23. The second-order valence-corrected chi connectivity index (χ2v) is 4.60. The molecule has 0 bridgehead atoms. The van der Waals surface area contributed by atoms with Crippen molar-refractivity contribution in [1.29, 1.82) is 0 Å². The Morgan fingerprint density at radius 2 is 2.25 bits per heavy atom. The molecular weight excluding hydrogens is 188 g/mol. The fourth-order valence-corrected chi connectivity index (χ4v) is 2.48. The van der Waals surface area contributed by atoms with Crippen LogP contribution in [0.1, 0.15) is 12.5 Å². The van der Waals surface area contributed by atoms with E-state index in [1.807, 2.05) is 12.1 Å². The van der Waals surface area contributed by atoms with Crippen molar-refractivity contribution in [2.75, 3.05) is 0 Å². The highest BCUT2D eigenvalue weighted by Crippen LogP contribution is 2.35. The average molecular weight is 197 g/mol. The lowest BCUT2D eigenvalue weighted by Crippen LogP contribution is -1.91. The monoisotopic (exact) mass is 196 g/mol. The van der Waals surface area contributed by atoms with Crippen LogP contribution in [-0.4, -0.2) is 0 Å². The van der Waals surface area contributed by atoms with Gasteiger partial charge in [-0.25, -0.2) is 0 Å². The minimum Gasteiger partial charge on any atom is -0.0948 e. The lowest BCUT2D eigenvalue weighted by molar-refractivity contribution is 1.15. The van der Waals surface area contributed by atoms with Gasteiger partial charge in [-0.15, -0.1) is 0 Å². The number of benzene rings is 1. The van der Waals surface area contributed by atoms with Crippen LogP contribution in [0.15, 0.2) is 34.1 Å². The average Bonchev–Trinajstić information content (AvgIpc) is 2.03. The first-order valence-electron chi connectivity index (χ1n) is 3.89. The van der Waals surface area contributed by atoms with E-state index in [1.54, 1.807) is 11.8 Å². The van der Waals surface area contributed by atoms with Gasteiger partial charge in [0, 0.05) is 9.92 Å². The number of rotatable bonds is 0. The largest absolute Gasteiger partial charge is 0.0948 e. The molecule has 0 amide bonds. The van der Waals surface area contributed by atoms with Crippen molar-refractivity contribution >= 4 is 23.4 Å². The highest BCUT2D eigenvalue weighted by atomic mass is 35.5. The number of halogens is 1. The van der Waals surface area contributed by atoms with E-state index in [0.29, 0.717) is 0 Å². The fourth-order valence-electron chi connectivity index (χ4n) is 1.26. The zero-order valence-electron chi connectivity index (χ0n) is 6.80. The maximum atomic E-state index is 5.89. The van der Waals surface area contributed by atoms with E-state index in [1.165, 1.54) is 15.4 Å². The van der Waals surface area contributed by atoms with Crippen molar-refractivity contribution < 1.29 is 0 Å². The molecule has 0 unspecified atom stereocenters. The van der Waals surface area contributed by atoms with E-state index in [2.05, 4.69) is 19.1 Å². The maximum Gasteiger partial charge on any atom is 0.0417 e. The summed E-state index contributed by atoms with van der Waals surface area (Å²) in [5.74, 6) is 0. The molecule has 2 heteroatoms. The van der Waals surface area contributed by atoms with Gasteiger partial charge >= 0.3 is 0 Å². The Morgan fingerprint density at radius 1 is 1.42 bits per heavy atom. The normalized spacial score (nSPS) is 15.3. The summed E-state index contributed by atoms with van der Waals surface area (Å²) < 4.78 is 0. The number of allylic oxidation sites excluding steroid dienone is 2. The van der Waals surface area contributed by atoms with E-state index >= 15 is 0 Å². The minimum absolute atomic E-state index is 0.830. The Labute approximate surface area is 81.6 Å². The van der Waals surface area contributed by atoms with Crippen LogP contribution in [0, 0.1) is 0 Å². The molecule has 0 fully saturated rings. The van der Waals surface area contributed by atoms with Gasteiger partial charge in [-0.05, 0) is 35.9 Å². The molecule has 1 aromatic rings. The number of hydrogen-bond donors (Lipinski definition) is 0. The summed E-state index contributed by atoms with van der Waals surface area (Å²) in [5, 5.41) is 0.830. The first kappa shape index (κ1) is 8.21. The molecule has 0 nitrogen and oxygen atoms in total. The van der Waals surface area contributed by atoms with Crippen LogP contribution < -0.4 is 0 Å². The zero-order valence-corrected chi connectivity index (χ0v) is 8.38. The van der Waals surface area contributed by atoms with Gasteiger partial charge in [0.2, 0.25) is 0 Å². The van der Waals surface area contributed by atoms with Crippen LogP contribution in [0.4, 0.5) is 0 Å². The molecule has 1 aliphatic rings. The summed E-state index contributed by atoms with van der Waals surface area (Å²) >= 11 is 7.69. The molecule has 0 N–H and O–H groups in total. The first-order valence-corrected chi connectivity index (χ1v) is 5.08. The predicted molar refractivity (Wildman–Crippen MR) is 54.8 cm³/mol. The summed E-state index contributed by atoms with van der Waals surface area (Å²) in [6.45, 7) is 2.13. The van der Waals surface area contributed by atoms with Crippen LogP contribution >= 0.6 is 23.4 Å². The Bertz CT molecular complexity index is 342. The Balaban J connectivity index is 2.43. The van der Waals surface area contributed by atoms with E-state index < -0.39 is 0 Å². The van der Waals surface area contributed by atoms with Crippen molar-refractivity contribution in [2.45, 2.75) is 18.2 Å². The molecule has 0 radical (unpaired) electrons. The third kappa shape index (κ3) is 1.52. The molecule has 1 aliphatic heterocycles. The van der Waals surface area contributed by atoms with Crippen molar-refractivity contribution in [1.82, 2.24) is 0 Å². The molecule has 0 saturated carbocycles. The Hall–Kier alpha value is -0.400. The second kappa shape index (κ2) is 3.15. The first-order chi connectivity index (χ1) is 5.75. The Morgan fingerprint density at radius 3 is 3.08 bits per heavy atom. The highest BCUT2D eigenvalue weighted by Gasteiger charge is 2.08. The highest BCUT2D eigenvalue weighted by molar-refractivity contribution is 8.03. The minimum atomic E-state index is 0.830. The summed E-state index contributed by atoms with van der Waals surface area (Å²) in [6, 6.07) is 6.10.